The summed E-state index contributed by atoms with van der Waals surface area (Å²) in [7, 11) is 0. The summed E-state index contributed by atoms with van der Waals surface area (Å²) < 4.78 is 14.2. The second kappa shape index (κ2) is 8.93. The van der Waals surface area contributed by atoms with Crippen molar-refractivity contribution in [2.24, 2.45) is 5.10 Å². The molecule has 0 aromatic heterocycles. The van der Waals surface area contributed by atoms with Crippen LogP contribution in [-0.2, 0) is 9.59 Å². The molecular weight excluding hydrogens is 377 g/mol. The molecule has 0 aliphatic rings. The summed E-state index contributed by atoms with van der Waals surface area (Å²) in [6.07, 6.45) is 1.23. The molecule has 2 rings (SSSR count). The van der Waals surface area contributed by atoms with E-state index in [1.54, 1.807) is 36.4 Å². The minimum Gasteiger partial charge on any atom is -0.326 e. The molecule has 2 aromatic carbocycles. The molecule has 0 aliphatic heterocycles. The molecular formula is C17H15BrFN3O2. The van der Waals surface area contributed by atoms with E-state index < -0.39 is 11.7 Å². The second-order valence-corrected chi connectivity index (χ2v) is 5.79. The van der Waals surface area contributed by atoms with Gasteiger partial charge >= 0.3 is 0 Å². The molecule has 0 radical (unpaired) electrons. The predicted octanol–water partition coefficient (Wildman–Crippen LogP) is 3.46. The summed E-state index contributed by atoms with van der Waals surface area (Å²) in [5.74, 6) is -1.12. The van der Waals surface area contributed by atoms with Crippen LogP contribution in [0.25, 0.3) is 0 Å². The van der Waals surface area contributed by atoms with Crippen molar-refractivity contribution in [3.63, 3.8) is 0 Å². The van der Waals surface area contributed by atoms with Crippen molar-refractivity contribution in [2.75, 3.05) is 5.32 Å². The molecule has 0 heterocycles. The minimum atomic E-state index is -0.427. The molecule has 0 saturated heterocycles. The number of benzene rings is 2. The summed E-state index contributed by atoms with van der Waals surface area (Å²) in [5.41, 5.74) is 3.19. The Bertz CT molecular complexity index is 748. The normalized spacial score (nSPS) is 10.6. The zero-order valence-corrected chi connectivity index (χ0v) is 14.2. The number of nitrogens with zero attached hydrogens (tertiary/aromatic N) is 1. The zero-order chi connectivity index (χ0) is 17.4. The van der Waals surface area contributed by atoms with Crippen LogP contribution in [0, 0.1) is 5.82 Å². The molecule has 2 aromatic rings. The van der Waals surface area contributed by atoms with Crippen LogP contribution in [0.4, 0.5) is 10.1 Å². The highest BCUT2D eigenvalue weighted by Gasteiger charge is 2.07. The van der Waals surface area contributed by atoms with E-state index >= 15 is 0 Å². The van der Waals surface area contributed by atoms with E-state index in [1.165, 1.54) is 18.3 Å². The zero-order valence-electron chi connectivity index (χ0n) is 12.6. The summed E-state index contributed by atoms with van der Waals surface area (Å²) in [6.45, 7) is 0. The van der Waals surface area contributed by atoms with Crippen molar-refractivity contribution in [3.05, 3.63) is 64.4 Å². The van der Waals surface area contributed by atoms with Crippen molar-refractivity contribution in [3.8, 4) is 0 Å². The van der Waals surface area contributed by atoms with E-state index in [4.69, 9.17) is 0 Å². The molecule has 0 atom stereocenters. The fourth-order valence-corrected chi connectivity index (χ4v) is 2.06. The van der Waals surface area contributed by atoms with E-state index in [0.29, 0.717) is 5.69 Å². The van der Waals surface area contributed by atoms with Gasteiger partial charge in [-0.25, -0.2) is 9.82 Å². The Balaban J connectivity index is 1.73. The maximum atomic E-state index is 13.3. The van der Waals surface area contributed by atoms with E-state index in [1.807, 2.05) is 0 Å². The van der Waals surface area contributed by atoms with Gasteiger partial charge in [-0.05, 0) is 30.3 Å². The van der Waals surface area contributed by atoms with Crippen LogP contribution in [-0.4, -0.2) is 18.0 Å². The first kappa shape index (κ1) is 17.8. The summed E-state index contributed by atoms with van der Waals surface area (Å²) in [5, 5.41) is 6.36. The fraction of sp³-hybridized carbons (Fsp3) is 0.118. The van der Waals surface area contributed by atoms with Crippen LogP contribution in [0.1, 0.15) is 18.4 Å². The van der Waals surface area contributed by atoms with Crippen LogP contribution in [0.2, 0.25) is 0 Å². The quantitative estimate of drug-likeness (QED) is 0.584. The SMILES string of the molecule is O=C(CCC(=O)Nc1ccc(Br)cc1)N/N=C\c1ccccc1F. The van der Waals surface area contributed by atoms with Gasteiger partial charge in [0.15, 0.2) is 0 Å². The number of hydrazone groups is 1. The Morgan fingerprint density at radius 1 is 1.04 bits per heavy atom. The number of anilines is 1. The molecule has 0 bridgehead atoms. The van der Waals surface area contributed by atoms with Gasteiger partial charge in [0.05, 0.1) is 6.21 Å². The van der Waals surface area contributed by atoms with Crippen molar-refractivity contribution >= 4 is 39.6 Å². The van der Waals surface area contributed by atoms with Gasteiger partial charge in [-0.2, -0.15) is 5.10 Å². The average Bonchev–Trinajstić information content (AvgIpc) is 2.57. The molecule has 2 N–H and O–H groups in total. The molecule has 0 saturated carbocycles. The first-order valence-electron chi connectivity index (χ1n) is 7.16. The molecule has 24 heavy (non-hydrogen) atoms. The highest BCUT2D eigenvalue weighted by Crippen LogP contribution is 2.14. The van der Waals surface area contributed by atoms with Crippen molar-refractivity contribution in [2.45, 2.75) is 12.8 Å². The molecule has 0 spiro atoms. The number of carbonyl (C=O) groups is 2. The Morgan fingerprint density at radius 3 is 2.42 bits per heavy atom. The number of carbonyl (C=O) groups excluding carboxylic acids is 2. The largest absolute Gasteiger partial charge is 0.326 e. The van der Waals surface area contributed by atoms with Gasteiger partial charge in [0, 0.05) is 28.6 Å². The molecule has 0 fully saturated rings. The predicted molar refractivity (Wildman–Crippen MR) is 94.1 cm³/mol. The lowest BCUT2D eigenvalue weighted by molar-refractivity contribution is -0.124. The van der Waals surface area contributed by atoms with Gasteiger partial charge in [0.25, 0.3) is 0 Å². The lowest BCUT2D eigenvalue weighted by Crippen LogP contribution is -2.20. The van der Waals surface area contributed by atoms with Gasteiger partial charge in [-0.3, -0.25) is 9.59 Å². The van der Waals surface area contributed by atoms with Gasteiger partial charge < -0.3 is 5.32 Å². The van der Waals surface area contributed by atoms with Crippen molar-refractivity contribution in [1.82, 2.24) is 5.43 Å². The van der Waals surface area contributed by atoms with Crippen LogP contribution >= 0.6 is 15.9 Å². The minimum absolute atomic E-state index is 0.0169. The van der Waals surface area contributed by atoms with Crippen LogP contribution in [0.15, 0.2) is 58.1 Å². The van der Waals surface area contributed by atoms with Crippen molar-refractivity contribution < 1.29 is 14.0 Å². The molecule has 2 amide bonds. The number of nitrogens with one attached hydrogen (secondary N) is 2. The van der Waals surface area contributed by atoms with Gasteiger partial charge in [-0.1, -0.05) is 34.1 Å². The third-order valence-electron chi connectivity index (χ3n) is 3.01. The topological polar surface area (TPSA) is 70.6 Å². The number of halogens is 2. The maximum absolute atomic E-state index is 13.3. The van der Waals surface area contributed by atoms with Gasteiger partial charge in [-0.15, -0.1) is 0 Å². The van der Waals surface area contributed by atoms with Crippen LogP contribution < -0.4 is 10.7 Å². The standard InChI is InChI=1S/C17H15BrFN3O2/c18-13-5-7-14(8-6-13)21-16(23)9-10-17(24)22-20-11-12-3-1-2-4-15(12)19/h1-8,11H,9-10H2,(H,21,23)(H,22,24)/b20-11-. The number of rotatable bonds is 6. The molecule has 5 nitrogen and oxygen atoms in total. The molecule has 0 unspecified atom stereocenters. The number of hydrogen-bond acceptors (Lipinski definition) is 3. The van der Waals surface area contributed by atoms with Gasteiger partial charge in [0.2, 0.25) is 11.8 Å². The first-order chi connectivity index (χ1) is 11.5. The molecule has 0 aliphatic carbocycles. The van der Waals surface area contributed by atoms with E-state index in [9.17, 15) is 14.0 Å². The van der Waals surface area contributed by atoms with E-state index in [-0.39, 0.29) is 24.3 Å². The van der Waals surface area contributed by atoms with Crippen molar-refractivity contribution in [1.29, 1.82) is 0 Å². The summed E-state index contributed by atoms with van der Waals surface area (Å²) in [4.78, 5) is 23.4. The monoisotopic (exact) mass is 391 g/mol. The first-order valence-corrected chi connectivity index (χ1v) is 7.96. The summed E-state index contributed by atoms with van der Waals surface area (Å²) in [6, 6.07) is 13.2. The average molecular weight is 392 g/mol. The third-order valence-corrected chi connectivity index (χ3v) is 3.53. The van der Waals surface area contributed by atoms with Gasteiger partial charge in [0.1, 0.15) is 5.82 Å². The Morgan fingerprint density at radius 2 is 1.71 bits per heavy atom. The van der Waals surface area contributed by atoms with E-state index in [2.05, 4.69) is 31.8 Å². The highest BCUT2D eigenvalue weighted by atomic mass is 79.9. The maximum Gasteiger partial charge on any atom is 0.240 e. The smallest absolute Gasteiger partial charge is 0.240 e. The highest BCUT2D eigenvalue weighted by molar-refractivity contribution is 9.10. The lowest BCUT2D eigenvalue weighted by Gasteiger charge is -2.04. The molecule has 124 valence electrons. The van der Waals surface area contributed by atoms with E-state index in [0.717, 1.165) is 4.47 Å². The fourth-order valence-electron chi connectivity index (χ4n) is 1.79. The van der Waals surface area contributed by atoms with Crippen LogP contribution in [0.3, 0.4) is 0 Å². The Labute approximate surface area is 147 Å². The Hall–Kier alpha value is -2.54. The van der Waals surface area contributed by atoms with Crippen LogP contribution in [0.5, 0.6) is 0 Å². The number of hydrogen-bond donors (Lipinski definition) is 2. The molecule has 7 heteroatoms. The number of amides is 2. The third kappa shape index (κ3) is 5.92. The summed E-state index contributed by atoms with van der Waals surface area (Å²) >= 11 is 3.30. The Kier molecular flexibility index (Phi) is 6.62. The lowest BCUT2D eigenvalue weighted by atomic mass is 10.2. The second-order valence-electron chi connectivity index (χ2n) is 4.87.